The quantitative estimate of drug-likeness (QED) is 0.259. The highest BCUT2D eigenvalue weighted by molar-refractivity contribution is 6.69. The SMILES string of the molecule is [B]c1c([B])c([B])c2c(oc3c(-n4c5cccc(-c6cccc7c(=C/C)/c(=C\C=C)oc67)c5c5c6c7ccccc7n(-c7ccccc7)c6ccc54)c([B])c([B])c([B])c32)c1[B]. The Kier molecular flexibility index (Phi) is 8.03. The molecule has 0 saturated heterocycles. The average Bonchev–Trinajstić information content (AvgIpc) is 4.03. The molecular formula is C49H25B7N2O2. The minimum atomic E-state index is 0.114. The number of rotatable bonds is 4. The largest absolute Gasteiger partial charge is 0.455 e. The van der Waals surface area contributed by atoms with Gasteiger partial charge in [-0.2, -0.15) is 0 Å². The van der Waals surface area contributed by atoms with Gasteiger partial charge in [0.25, 0.3) is 0 Å². The highest BCUT2D eigenvalue weighted by atomic mass is 16.3. The molecule has 7 aromatic carbocycles. The zero-order valence-corrected chi connectivity index (χ0v) is 32.5. The molecule has 0 fully saturated rings. The van der Waals surface area contributed by atoms with Crippen LogP contribution in [0.3, 0.4) is 0 Å². The summed E-state index contributed by atoms with van der Waals surface area (Å²) in [5, 5.41) is 6.90. The predicted molar refractivity (Wildman–Crippen MR) is 259 cm³/mol. The molecule has 11 heteroatoms. The third kappa shape index (κ3) is 4.72. The Hall–Kier alpha value is -6.59. The van der Waals surface area contributed by atoms with Crippen LogP contribution in [0.2, 0.25) is 0 Å². The number of furan rings is 2. The van der Waals surface area contributed by atoms with E-state index in [2.05, 4.69) is 113 Å². The summed E-state index contributed by atoms with van der Waals surface area (Å²) < 4.78 is 17.8. The van der Waals surface area contributed by atoms with E-state index in [-0.39, 0.29) is 43.8 Å². The molecule has 0 aliphatic heterocycles. The van der Waals surface area contributed by atoms with Crippen molar-refractivity contribution >= 4 is 182 Å². The van der Waals surface area contributed by atoms with Gasteiger partial charge in [-0.25, -0.2) is 0 Å². The lowest BCUT2D eigenvalue weighted by Crippen LogP contribution is -2.48. The molecule has 4 nitrogen and oxygen atoms in total. The van der Waals surface area contributed by atoms with Crippen LogP contribution in [0.15, 0.2) is 125 Å². The molecule has 11 rings (SSSR count). The third-order valence-corrected chi connectivity index (χ3v) is 12.1. The number of aromatic nitrogens is 2. The van der Waals surface area contributed by atoms with Crippen molar-refractivity contribution in [2.45, 2.75) is 6.92 Å². The molecule has 264 valence electrons. The Morgan fingerprint density at radius 1 is 0.467 bits per heavy atom. The molecule has 0 unspecified atom stereocenters. The number of fused-ring (bicyclic) bond motifs is 11. The minimum absolute atomic E-state index is 0.114. The van der Waals surface area contributed by atoms with E-state index in [0.29, 0.717) is 22.0 Å². The van der Waals surface area contributed by atoms with Crippen molar-refractivity contribution in [2.24, 2.45) is 0 Å². The van der Waals surface area contributed by atoms with E-state index in [1.807, 2.05) is 25.1 Å². The number of benzene rings is 7. The monoisotopic (exact) mass is 750 g/mol. The summed E-state index contributed by atoms with van der Waals surface area (Å²) in [5.74, 6) is 0. The van der Waals surface area contributed by atoms with Crippen LogP contribution in [-0.4, -0.2) is 64.1 Å². The van der Waals surface area contributed by atoms with Crippen molar-refractivity contribution < 1.29 is 8.83 Å². The van der Waals surface area contributed by atoms with Gasteiger partial charge in [0.2, 0.25) is 0 Å². The van der Waals surface area contributed by atoms with Crippen molar-refractivity contribution in [3.63, 3.8) is 0 Å². The molecule has 0 spiro atoms. The fourth-order valence-electron chi connectivity index (χ4n) is 9.43. The zero-order chi connectivity index (χ0) is 41.3. The molecule has 60 heavy (non-hydrogen) atoms. The maximum absolute atomic E-state index is 7.12. The number of nitrogens with zero attached hydrogens (tertiary/aromatic N) is 2. The molecule has 0 saturated carbocycles. The van der Waals surface area contributed by atoms with Crippen molar-refractivity contribution in [2.75, 3.05) is 0 Å². The second-order valence-electron chi connectivity index (χ2n) is 15.1. The second kappa shape index (κ2) is 13.2. The Morgan fingerprint density at radius 3 is 1.82 bits per heavy atom. The van der Waals surface area contributed by atoms with Crippen LogP contribution in [0.1, 0.15) is 6.92 Å². The summed E-state index contributed by atoms with van der Waals surface area (Å²) in [6.07, 6.45) is 5.69. The molecule has 0 aliphatic carbocycles. The predicted octanol–water partition coefficient (Wildman–Crippen LogP) is 3.52. The molecule has 0 N–H and O–H groups in total. The third-order valence-electron chi connectivity index (χ3n) is 12.1. The first-order chi connectivity index (χ1) is 29.2. The molecule has 0 aliphatic rings. The summed E-state index contributed by atoms with van der Waals surface area (Å²) in [6, 6.07) is 35.6. The van der Waals surface area contributed by atoms with Crippen LogP contribution >= 0.6 is 0 Å². The standard InChI is InChI=1S/C49H25B7N2O2/c1-3-12-33-24(4-2)26-17-10-18-27(47(26)59-33)25-16-11-20-30-34(25)36-32(22-21-31-35(36)28-15-8-9-19-29(28)57(31)23-13-6-5-7-14-23)58(30)46-44(55)42(53)40(51)38-37-39(50)41(52)43(54)45(56)48(37)60-49(38)46/h3-22H,1H2,2H3/b24-4-,33-12+. The molecular weight excluding hydrogens is 724 g/mol. The zero-order valence-electron chi connectivity index (χ0n) is 32.5. The summed E-state index contributed by atoms with van der Waals surface area (Å²) >= 11 is 0. The Bertz CT molecular complexity index is 3840. The van der Waals surface area contributed by atoms with Crippen molar-refractivity contribution in [3.05, 3.63) is 126 Å². The van der Waals surface area contributed by atoms with E-state index >= 15 is 0 Å². The maximum atomic E-state index is 7.12. The Morgan fingerprint density at radius 2 is 1.07 bits per heavy atom. The van der Waals surface area contributed by atoms with E-state index in [4.69, 9.17) is 63.8 Å². The first-order valence-corrected chi connectivity index (χ1v) is 19.5. The summed E-state index contributed by atoms with van der Waals surface area (Å²) in [5.41, 5.74) is 10.3. The van der Waals surface area contributed by atoms with Gasteiger partial charge in [0, 0.05) is 54.2 Å². The first kappa shape index (κ1) is 36.5. The summed E-state index contributed by atoms with van der Waals surface area (Å²) in [7, 11) is 46.8. The van der Waals surface area contributed by atoms with Crippen LogP contribution in [0, 0.1) is 0 Å². The molecule has 11 aromatic rings. The lowest BCUT2D eigenvalue weighted by molar-refractivity contribution is 0.576. The molecule has 0 atom stereocenters. The first-order valence-electron chi connectivity index (χ1n) is 19.5. The van der Waals surface area contributed by atoms with E-state index < -0.39 is 0 Å². The van der Waals surface area contributed by atoms with Gasteiger partial charge in [0.05, 0.1) is 27.8 Å². The summed E-state index contributed by atoms with van der Waals surface area (Å²) in [6.45, 7) is 5.95. The van der Waals surface area contributed by atoms with E-state index in [1.54, 1.807) is 6.08 Å². The Balaban J connectivity index is 1.40. The van der Waals surface area contributed by atoms with Gasteiger partial charge in [0.15, 0.2) is 5.58 Å². The average molecular weight is 749 g/mol. The maximum Gasteiger partial charge on any atom is 0.158 e. The molecule has 0 amide bonds. The van der Waals surface area contributed by atoms with Gasteiger partial charge in [-0.1, -0.05) is 107 Å². The van der Waals surface area contributed by atoms with Gasteiger partial charge in [-0.05, 0) is 55.0 Å². The van der Waals surface area contributed by atoms with E-state index in [1.165, 1.54) is 0 Å². The van der Waals surface area contributed by atoms with Gasteiger partial charge < -0.3 is 18.0 Å². The van der Waals surface area contributed by atoms with Gasteiger partial charge in [0.1, 0.15) is 71.5 Å². The van der Waals surface area contributed by atoms with Crippen molar-refractivity contribution in [1.82, 2.24) is 9.13 Å². The fraction of sp³-hybridized carbons (Fsp3) is 0.0204. The van der Waals surface area contributed by atoms with E-state index in [9.17, 15) is 0 Å². The fourth-order valence-corrected chi connectivity index (χ4v) is 9.43. The minimum Gasteiger partial charge on any atom is -0.455 e. The van der Waals surface area contributed by atoms with Crippen LogP contribution < -0.4 is 48.9 Å². The Labute approximate surface area is 354 Å². The highest BCUT2D eigenvalue weighted by Crippen LogP contribution is 2.46. The number of hydrogen-bond donors (Lipinski definition) is 0. The van der Waals surface area contributed by atoms with Crippen LogP contribution in [0.25, 0.3) is 111 Å². The number of para-hydroxylation sites is 3. The summed E-state index contributed by atoms with van der Waals surface area (Å²) in [4.78, 5) is 0. The normalized spacial score (nSPS) is 12.8. The lowest BCUT2D eigenvalue weighted by Gasteiger charge is -2.18. The van der Waals surface area contributed by atoms with Gasteiger partial charge in [-0.15, -0.1) is 16.4 Å². The molecule has 0 bridgehead atoms. The highest BCUT2D eigenvalue weighted by Gasteiger charge is 2.28. The smallest absolute Gasteiger partial charge is 0.158 e. The number of allylic oxidation sites excluding steroid dienone is 1. The second-order valence-corrected chi connectivity index (χ2v) is 15.1. The van der Waals surface area contributed by atoms with Gasteiger partial charge >= 0.3 is 0 Å². The number of hydrogen-bond acceptors (Lipinski definition) is 2. The van der Waals surface area contributed by atoms with Crippen molar-refractivity contribution in [3.8, 4) is 22.5 Å². The van der Waals surface area contributed by atoms with Crippen LogP contribution in [0.5, 0.6) is 0 Å². The van der Waals surface area contributed by atoms with Crippen molar-refractivity contribution in [1.29, 1.82) is 0 Å². The van der Waals surface area contributed by atoms with Crippen LogP contribution in [0.4, 0.5) is 0 Å². The lowest BCUT2D eigenvalue weighted by atomic mass is 9.64. The topological polar surface area (TPSA) is 36.1 Å². The van der Waals surface area contributed by atoms with Crippen LogP contribution in [-0.2, 0) is 0 Å². The molecule has 4 aromatic heterocycles. The van der Waals surface area contributed by atoms with Gasteiger partial charge in [-0.3, -0.25) is 0 Å². The molecule has 14 radical (unpaired) electrons. The molecule has 4 heterocycles. The van der Waals surface area contributed by atoms with E-state index in [0.717, 1.165) is 82.0 Å².